The zero-order valence-electron chi connectivity index (χ0n) is 10.8. The van der Waals surface area contributed by atoms with Crippen molar-refractivity contribution < 1.29 is 5.11 Å². The first-order valence-corrected chi connectivity index (χ1v) is 6.32. The molecule has 1 heterocycles. The third kappa shape index (κ3) is 2.94. The summed E-state index contributed by atoms with van der Waals surface area (Å²) >= 11 is 0. The fourth-order valence-corrected chi connectivity index (χ4v) is 2.73. The monoisotopic (exact) mass is 213 g/mol. The van der Waals surface area contributed by atoms with E-state index in [0.29, 0.717) is 0 Å². The molecule has 0 bridgehead atoms. The summed E-state index contributed by atoms with van der Waals surface area (Å²) < 4.78 is 0. The number of nitrogens with zero attached hydrogens (tertiary/aromatic N) is 1. The maximum absolute atomic E-state index is 10.4. The molecule has 2 nitrogen and oxygen atoms in total. The lowest BCUT2D eigenvalue weighted by Gasteiger charge is -2.48. The lowest BCUT2D eigenvalue weighted by Crippen LogP contribution is -2.50. The highest BCUT2D eigenvalue weighted by Crippen LogP contribution is 2.45. The zero-order chi connectivity index (χ0) is 11.5. The highest BCUT2D eigenvalue weighted by atomic mass is 16.3. The molecule has 0 aliphatic carbocycles. The van der Waals surface area contributed by atoms with Gasteiger partial charge in [-0.2, -0.15) is 0 Å². The van der Waals surface area contributed by atoms with Gasteiger partial charge in [-0.3, -0.25) is 0 Å². The van der Waals surface area contributed by atoms with Gasteiger partial charge in [0.2, 0.25) is 0 Å². The molecule has 2 heteroatoms. The van der Waals surface area contributed by atoms with Crippen LogP contribution in [0.15, 0.2) is 0 Å². The molecule has 0 aromatic rings. The van der Waals surface area contributed by atoms with Crippen LogP contribution in [0.4, 0.5) is 0 Å². The topological polar surface area (TPSA) is 23.5 Å². The van der Waals surface area contributed by atoms with Gasteiger partial charge in [0.25, 0.3) is 0 Å². The van der Waals surface area contributed by atoms with Gasteiger partial charge in [-0.25, -0.2) is 0 Å². The van der Waals surface area contributed by atoms with Crippen molar-refractivity contribution in [2.24, 2.45) is 5.41 Å². The number of hydrogen-bond donors (Lipinski definition) is 1. The molecule has 15 heavy (non-hydrogen) atoms. The second-order valence-corrected chi connectivity index (χ2v) is 5.75. The second-order valence-electron chi connectivity index (χ2n) is 5.75. The van der Waals surface area contributed by atoms with E-state index in [0.717, 1.165) is 25.9 Å². The fraction of sp³-hybridized carbons (Fsp3) is 1.00. The summed E-state index contributed by atoms with van der Waals surface area (Å²) in [6, 6.07) is 0. The van der Waals surface area contributed by atoms with Crippen molar-refractivity contribution in [2.75, 3.05) is 20.1 Å². The Balaban J connectivity index is 2.69. The van der Waals surface area contributed by atoms with Crippen LogP contribution >= 0.6 is 0 Å². The standard InChI is InChI=1S/C13H27NO/c1-5-6-7-13(12(2,3)15)8-10-14(4)11-9-13/h15H,5-11H2,1-4H3. The molecule has 0 radical (unpaired) electrons. The Bertz CT molecular complexity index is 182. The third-order valence-electron chi connectivity index (χ3n) is 4.25. The van der Waals surface area contributed by atoms with Crippen LogP contribution in [0.2, 0.25) is 0 Å². The van der Waals surface area contributed by atoms with Crippen molar-refractivity contribution in [2.45, 2.75) is 58.5 Å². The van der Waals surface area contributed by atoms with E-state index in [9.17, 15) is 5.11 Å². The van der Waals surface area contributed by atoms with Crippen LogP contribution in [-0.2, 0) is 0 Å². The first kappa shape index (κ1) is 13.0. The van der Waals surface area contributed by atoms with E-state index in [1.165, 1.54) is 19.3 Å². The summed E-state index contributed by atoms with van der Waals surface area (Å²) in [5, 5.41) is 10.4. The summed E-state index contributed by atoms with van der Waals surface area (Å²) in [4.78, 5) is 2.37. The summed E-state index contributed by atoms with van der Waals surface area (Å²) in [5.41, 5.74) is -0.362. The molecule has 1 aliphatic heterocycles. The van der Waals surface area contributed by atoms with Crippen molar-refractivity contribution in [3.8, 4) is 0 Å². The number of rotatable bonds is 4. The number of unbranched alkanes of at least 4 members (excludes halogenated alkanes) is 1. The average molecular weight is 213 g/mol. The van der Waals surface area contributed by atoms with E-state index in [4.69, 9.17) is 0 Å². The summed E-state index contributed by atoms with van der Waals surface area (Å²) in [7, 11) is 2.17. The smallest absolute Gasteiger partial charge is 0.0648 e. The van der Waals surface area contributed by atoms with Crippen molar-refractivity contribution in [1.29, 1.82) is 0 Å². The number of likely N-dealkylation sites (tertiary alicyclic amines) is 1. The number of piperidine rings is 1. The Morgan fingerprint density at radius 2 is 1.80 bits per heavy atom. The molecule has 1 saturated heterocycles. The molecular formula is C13H27NO. The average Bonchev–Trinajstić information content (AvgIpc) is 2.16. The normalized spacial score (nSPS) is 23.0. The van der Waals surface area contributed by atoms with Crippen LogP contribution in [0, 0.1) is 5.41 Å². The van der Waals surface area contributed by atoms with E-state index in [2.05, 4.69) is 18.9 Å². The van der Waals surface area contributed by atoms with Crippen LogP contribution in [0.25, 0.3) is 0 Å². The van der Waals surface area contributed by atoms with Crippen LogP contribution in [0.5, 0.6) is 0 Å². The van der Waals surface area contributed by atoms with Gasteiger partial charge >= 0.3 is 0 Å². The lowest BCUT2D eigenvalue weighted by atomic mass is 9.64. The zero-order valence-corrected chi connectivity index (χ0v) is 10.8. The van der Waals surface area contributed by atoms with Crippen LogP contribution in [0.1, 0.15) is 52.9 Å². The Kier molecular flexibility index (Phi) is 4.19. The Hall–Kier alpha value is -0.0800. The van der Waals surface area contributed by atoms with E-state index in [1.54, 1.807) is 0 Å². The van der Waals surface area contributed by atoms with Crippen LogP contribution in [-0.4, -0.2) is 35.7 Å². The first-order valence-electron chi connectivity index (χ1n) is 6.32. The molecule has 0 atom stereocenters. The highest BCUT2D eigenvalue weighted by Gasteiger charge is 2.44. The molecule has 0 aromatic heterocycles. The maximum Gasteiger partial charge on any atom is 0.0648 e. The SMILES string of the molecule is CCCCC1(C(C)(C)O)CCN(C)CC1. The molecule has 1 rings (SSSR count). The van der Waals surface area contributed by atoms with E-state index in [1.807, 2.05) is 13.8 Å². The molecular weight excluding hydrogens is 186 g/mol. The molecule has 1 fully saturated rings. The molecule has 0 unspecified atom stereocenters. The predicted octanol–water partition coefficient (Wildman–Crippen LogP) is 2.66. The van der Waals surface area contributed by atoms with Gasteiger partial charge in [0.1, 0.15) is 0 Å². The third-order valence-corrected chi connectivity index (χ3v) is 4.25. The van der Waals surface area contributed by atoms with E-state index >= 15 is 0 Å². The van der Waals surface area contributed by atoms with Crippen molar-refractivity contribution in [3.63, 3.8) is 0 Å². The minimum atomic E-state index is -0.524. The van der Waals surface area contributed by atoms with Gasteiger partial charge in [-0.15, -0.1) is 0 Å². The summed E-state index contributed by atoms with van der Waals surface area (Å²) in [6.45, 7) is 8.48. The summed E-state index contributed by atoms with van der Waals surface area (Å²) in [6.07, 6.45) is 5.95. The molecule has 90 valence electrons. The predicted molar refractivity (Wildman–Crippen MR) is 65.0 cm³/mol. The first-order chi connectivity index (χ1) is 6.91. The van der Waals surface area contributed by atoms with Gasteiger partial charge in [-0.05, 0) is 53.2 Å². The molecule has 1 aliphatic rings. The minimum Gasteiger partial charge on any atom is -0.390 e. The fourth-order valence-electron chi connectivity index (χ4n) is 2.73. The van der Waals surface area contributed by atoms with Crippen molar-refractivity contribution in [1.82, 2.24) is 4.90 Å². The Morgan fingerprint density at radius 1 is 1.27 bits per heavy atom. The Morgan fingerprint density at radius 3 is 2.20 bits per heavy atom. The van der Waals surface area contributed by atoms with Gasteiger partial charge in [0.15, 0.2) is 0 Å². The summed E-state index contributed by atoms with van der Waals surface area (Å²) in [5.74, 6) is 0. The van der Waals surface area contributed by atoms with Crippen molar-refractivity contribution >= 4 is 0 Å². The lowest BCUT2D eigenvalue weighted by molar-refractivity contribution is -0.0918. The highest BCUT2D eigenvalue weighted by molar-refractivity contribution is 4.96. The molecule has 0 aromatic carbocycles. The van der Waals surface area contributed by atoms with Crippen LogP contribution in [0.3, 0.4) is 0 Å². The van der Waals surface area contributed by atoms with E-state index < -0.39 is 5.60 Å². The number of aliphatic hydroxyl groups is 1. The molecule has 0 amide bonds. The molecule has 0 spiro atoms. The van der Waals surface area contributed by atoms with E-state index in [-0.39, 0.29) is 5.41 Å². The van der Waals surface area contributed by atoms with Gasteiger partial charge in [0.05, 0.1) is 5.60 Å². The largest absolute Gasteiger partial charge is 0.390 e. The van der Waals surface area contributed by atoms with Crippen molar-refractivity contribution in [3.05, 3.63) is 0 Å². The molecule has 0 saturated carbocycles. The van der Waals surface area contributed by atoms with Gasteiger partial charge in [0, 0.05) is 5.41 Å². The number of hydrogen-bond acceptors (Lipinski definition) is 2. The van der Waals surface area contributed by atoms with Crippen LogP contribution < -0.4 is 0 Å². The molecule has 1 N–H and O–H groups in total. The minimum absolute atomic E-state index is 0.162. The van der Waals surface area contributed by atoms with Gasteiger partial charge < -0.3 is 10.0 Å². The second kappa shape index (κ2) is 4.84. The van der Waals surface area contributed by atoms with Gasteiger partial charge in [-0.1, -0.05) is 19.8 Å². The maximum atomic E-state index is 10.4. The Labute approximate surface area is 94.7 Å². The quantitative estimate of drug-likeness (QED) is 0.776.